The van der Waals surface area contributed by atoms with Gasteiger partial charge in [0.15, 0.2) is 0 Å². The molecule has 2 aliphatic rings. The summed E-state index contributed by atoms with van der Waals surface area (Å²) in [6.07, 6.45) is 3.03. The molecule has 2 unspecified atom stereocenters. The predicted molar refractivity (Wildman–Crippen MR) is 118 cm³/mol. The van der Waals surface area contributed by atoms with Crippen molar-refractivity contribution in [3.63, 3.8) is 0 Å². The number of hydrogen-bond donors (Lipinski definition) is 4. The van der Waals surface area contributed by atoms with Crippen LogP contribution in [0.2, 0.25) is 0 Å². The molecule has 0 aromatic heterocycles. The van der Waals surface area contributed by atoms with Gasteiger partial charge in [0.1, 0.15) is 5.75 Å². The Kier molecular flexibility index (Phi) is 5.67. The largest absolute Gasteiger partial charge is 0.494 e. The van der Waals surface area contributed by atoms with Gasteiger partial charge in [-0.05, 0) is 36.6 Å². The van der Waals surface area contributed by atoms with E-state index in [4.69, 9.17) is 9.94 Å². The summed E-state index contributed by atoms with van der Waals surface area (Å²) in [5.74, 6) is 0.593. The number of likely N-dealkylation sites (tertiary alicyclic amines) is 1. The van der Waals surface area contributed by atoms with Crippen LogP contribution in [0.15, 0.2) is 36.4 Å². The van der Waals surface area contributed by atoms with Crippen LogP contribution in [0.1, 0.15) is 42.5 Å². The van der Waals surface area contributed by atoms with E-state index >= 15 is 0 Å². The van der Waals surface area contributed by atoms with Crippen molar-refractivity contribution in [3.8, 4) is 5.75 Å². The lowest BCUT2D eigenvalue weighted by atomic mass is 9.87. The molecule has 4 rings (SSSR count). The number of rotatable bonds is 6. The molecule has 0 radical (unpaired) electrons. The third-order valence-corrected chi connectivity index (χ3v) is 6.33. The minimum Gasteiger partial charge on any atom is -0.494 e. The van der Waals surface area contributed by atoms with Crippen LogP contribution in [0, 0.1) is 0 Å². The van der Waals surface area contributed by atoms with E-state index < -0.39 is 10.0 Å². The molecule has 2 aliphatic heterocycles. The Labute approximate surface area is 181 Å². The number of ether oxygens (including phenoxy) is 1. The van der Waals surface area contributed by atoms with Gasteiger partial charge in [-0.3, -0.25) is 20.2 Å². The molecular weight excluding hydrogens is 420 g/mol. The van der Waals surface area contributed by atoms with Crippen LogP contribution in [0.25, 0.3) is 0 Å². The highest BCUT2D eigenvalue weighted by Gasteiger charge is 2.37. The number of carbonyl (C=O) groups excluding carboxylic acids is 1. The van der Waals surface area contributed by atoms with Gasteiger partial charge in [0.25, 0.3) is 0 Å². The zero-order valence-electron chi connectivity index (χ0n) is 17.4. The third-order valence-electron chi connectivity index (χ3n) is 5.72. The Morgan fingerprint density at radius 3 is 2.52 bits per heavy atom. The molecular formula is C21H26N4O5S. The summed E-state index contributed by atoms with van der Waals surface area (Å²) < 4.78 is 31.7. The number of fused-ring (bicyclic) bond motifs is 1. The van der Waals surface area contributed by atoms with Crippen molar-refractivity contribution >= 4 is 33.0 Å². The summed E-state index contributed by atoms with van der Waals surface area (Å²) in [5, 5.41) is 12.6. The van der Waals surface area contributed by atoms with Crippen molar-refractivity contribution in [1.29, 1.82) is 0 Å². The molecule has 166 valence electrons. The highest BCUT2D eigenvalue weighted by molar-refractivity contribution is 7.92. The maximum atomic E-state index is 12.6. The van der Waals surface area contributed by atoms with Crippen LogP contribution in [0.5, 0.6) is 5.75 Å². The average Bonchev–Trinajstić information content (AvgIpc) is 3.17. The normalized spacial score (nSPS) is 20.7. The zero-order chi connectivity index (χ0) is 22.2. The second-order valence-corrected chi connectivity index (χ2v) is 9.64. The second kappa shape index (κ2) is 8.27. The predicted octanol–water partition coefficient (Wildman–Crippen LogP) is 3.09. The van der Waals surface area contributed by atoms with E-state index in [-0.39, 0.29) is 18.0 Å². The number of amides is 1. The Balaban J connectivity index is 1.79. The number of benzene rings is 2. The topological polar surface area (TPSA) is 120 Å². The van der Waals surface area contributed by atoms with Crippen molar-refractivity contribution in [3.05, 3.63) is 47.5 Å². The van der Waals surface area contributed by atoms with Crippen LogP contribution in [0.4, 0.5) is 17.1 Å². The first kappa shape index (κ1) is 21.3. The van der Waals surface area contributed by atoms with Gasteiger partial charge in [0.2, 0.25) is 15.9 Å². The van der Waals surface area contributed by atoms with Crippen molar-refractivity contribution in [2.75, 3.05) is 35.4 Å². The van der Waals surface area contributed by atoms with E-state index in [9.17, 15) is 13.2 Å². The lowest BCUT2D eigenvalue weighted by Gasteiger charge is -2.39. The monoisotopic (exact) mass is 446 g/mol. The molecule has 10 heteroatoms. The number of hydrogen-bond acceptors (Lipinski definition) is 7. The Bertz CT molecular complexity index is 1090. The SMILES string of the molecule is COc1cc(NS(C)(=O)=O)cc2c1NC(c1ccc(NO)cc1)CC2N1CCCC1=O. The van der Waals surface area contributed by atoms with E-state index in [0.717, 1.165) is 29.5 Å². The fourth-order valence-corrected chi connectivity index (χ4v) is 4.92. The van der Waals surface area contributed by atoms with Crippen molar-refractivity contribution in [2.24, 2.45) is 0 Å². The van der Waals surface area contributed by atoms with Gasteiger partial charge in [-0.2, -0.15) is 0 Å². The van der Waals surface area contributed by atoms with Crippen LogP contribution < -0.4 is 20.3 Å². The summed E-state index contributed by atoms with van der Waals surface area (Å²) in [6, 6.07) is 10.5. The molecule has 0 aliphatic carbocycles. The maximum Gasteiger partial charge on any atom is 0.229 e. The van der Waals surface area contributed by atoms with Gasteiger partial charge in [-0.1, -0.05) is 12.1 Å². The van der Waals surface area contributed by atoms with Gasteiger partial charge in [0, 0.05) is 24.6 Å². The molecule has 2 atom stereocenters. The van der Waals surface area contributed by atoms with E-state index in [1.165, 1.54) is 7.11 Å². The quantitative estimate of drug-likeness (QED) is 0.503. The lowest BCUT2D eigenvalue weighted by molar-refractivity contribution is -0.130. The summed E-state index contributed by atoms with van der Waals surface area (Å²) in [6.45, 7) is 0.662. The number of nitrogens with zero attached hydrogens (tertiary/aromatic N) is 1. The second-order valence-electron chi connectivity index (χ2n) is 7.89. The summed E-state index contributed by atoms with van der Waals surface area (Å²) in [5.41, 5.74) is 5.67. The molecule has 0 saturated carbocycles. The van der Waals surface area contributed by atoms with Crippen LogP contribution in [-0.2, 0) is 14.8 Å². The van der Waals surface area contributed by atoms with Crippen LogP contribution >= 0.6 is 0 Å². The highest BCUT2D eigenvalue weighted by Crippen LogP contribution is 2.48. The molecule has 2 aromatic carbocycles. The first-order chi connectivity index (χ1) is 14.8. The molecule has 1 fully saturated rings. The minimum absolute atomic E-state index is 0.0943. The van der Waals surface area contributed by atoms with Crippen molar-refractivity contribution in [2.45, 2.75) is 31.3 Å². The van der Waals surface area contributed by atoms with E-state index in [1.54, 1.807) is 24.3 Å². The third kappa shape index (κ3) is 4.40. The average molecular weight is 447 g/mol. The minimum atomic E-state index is -3.47. The van der Waals surface area contributed by atoms with Gasteiger partial charge < -0.3 is 15.0 Å². The Morgan fingerprint density at radius 1 is 1.19 bits per heavy atom. The summed E-state index contributed by atoms with van der Waals surface area (Å²) >= 11 is 0. The first-order valence-electron chi connectivity index (χ1n) is 10.0. The molecule has 0 spiro atoms. The maximum absolute atomic E-state index is 12.6. The van der Waals surface area contributed by atoms with E-state index in [2.05, 4.69) is 15.5 Å². The molecule has 4 N–H and O–H groups in total. The molecule has 2 heterocycles. The van der Waals surface area contributed by atoms with Crippen LogP contribution in [-0.4, -0.2) is 44.3 Å². The molecule has 1 saturated heterocycles. The van der Waals surface area contributed by atoms with Crippen molar-refractivity contribution < 1.29 is 23.2 Å². The van der Waals surface area contributed by atoms with E-state index in [0.29, 0.717) is 36.5 Å². The van der Waals surface area contributed by atoms with Gasteiger partial charge in [-0.15, -0.1) is 0 Å². The smallest absolute Gasteiger partial charge is 0.229 e. The fraction of sp³-hybridized carbons (Fsp3) is 0.381. The lowest BCUT2D eigenvalue weighted by Crippen LogP contribution is -2.35. The molecule has 31 heavy (non-hydrogen) atoms. The Morgan fingerprint density at radius 2 is 1.94 bits per heavy atom. The van der Waals surface area contributed by atoms with Gasteiger partial charge in [-0.25, -0.2) is 8.42 Å². The molecule has 2 aromatic rings. The van der Waals surface area contributed by atoms with E-state index in [1.807, 2.05) is 17.0 Å². The number of anilines is 3. The van der Waals surface area contributed by atoms with Gasteiger partial charge >= 0.3 is 0 Å². The van der Waals surface area contributed by atoms with Gasteiger partial charge in [0.05, 0.1) is 42.5 Å². The number of sulfonamides is 1. The first-order valence-corrected chi connectivity index (χ1v) is 11.9. The zero-order valence-corrected chi connectivity index (χ0v) is 18.2. The number of carbonyl (C=O) groups is 1. The number of nitrogens with one attached hydrogen (secondary N) is 3. The number of methoxy groups -OCH3 is 1. The molecule has 1 amide bonds. The highest BCUT2D eigenvalue weighted by atomic mass is 32.2. The summed E-state index contributed by atoms with van der Waals surface area (Å²) in [7, 11) is -1.94. The van der Waals surface area contributed by atoms with Crippen molar-refractivity contribution in [1.82, 2.24) is 4.90 Å². The van der Waals surface area contributed by atoms with Crippen LogP contribution in [0.3, 0.4) is 0 Å². The fourth-order valence-electron chi connectivity index (χ4n) is 4.37. The molecule has 0 bridgehead atoms. The molecule has 9 nitrogen and oxygen atoms in total. The Hall–Kier alpha value is -2.98. The summed E-state index contributed by atoms with van der Waals surface area (Å²) in [4.78, 5) is 14.5. The standard InChI is InChI=1S/C21H26N4O5S/c1-30-19-11-15(24-31(2,28)29)10-16-18(25-9-3-4-20(25)26)12-17(22-21(16)19)13-5-7-14(23-27)8-6-13/h5-8,10-11,17-18,22-24,27H,3-4,9,12H2,1-2H3.